The van der Waals surface area contributed by atoms with Gasteiger partial charge in [0.05, 0.1) is 19.2 Å². The summed E-state index contributed by atoms with van der Waals surface area (Å²) in [6, 6.07) is 34.3. The molecule has 0 aliphatic carbocycles. The van der Waals surface area contributed by atoms with Crippen molar-refractivity contribution < 1.29 is 29.0 Å². The van der Waals surface area contributed by atoms with Gasteiger partial charge in [-0.2, -0.15) is 0 Å². The Morgan fingerprint density at radius 2 is 1.45 bits per heavy atom. The number of phenols is 1. The first-order chi connectivity index (χ1) is 23.7. The lowest BCUT2D eigenvalue weighted by atomic mass is 10.1. The van der Waals surface area contributed by atoms with Gasteiger partial charge in [-0.3, -0.25) is 14.4 Å². The largest absolute Gasteiger partial charge is 0.508 e. The van der Waals surface area contributed by atoms with Crippen LogP contribution in [0.25, 0.3) is 6.08 Å². The minimum atomic E-state index is -0.657. The van der Waals surface area contributed by atoms with Gasteiger partial charge in [-0.1, -0.05) is 66.2 Å². The van der Waals surface area contributed by atoms with E-state index in [2.05, 4.69) is 16.0 Å². The van der Waals surface area contributed by atoms with Gasteiger partial charge < -0.3 is 30.5 Å². The molecule has 248 valence electrons. The van der Waals surface area contributed by atoms with Gasteiger partial charge in [-0.25, -0.2) is 0 Å². The van der Waals surface area contributed by atoms with Crippen LogP contribution in [0.5, 0.6) is 17.2 Å². The number of carbonyl (C=O) groups is 3. The van der Waals surface area contributed by atoms with Gasteiger partial charge in [0, 0.05) is 33.5 Å². The van der Waals surface area contributed by atoms with Crippen LogP contribution in [0.15, 0.2) is 132 Å². The summed E-state index contributed by atoms with van der Waals surface area (Å²) < 4.78 is 10.6. The van der Waals surface area contributed by atoms with Crippen LogP contribution in [0.3, 0.4) is 0 Å². The van der Waals surface area contributed by atoms with Crippen molar-refractivity contribution in [2.75, 3.05) is 24.9 Å². The second-order valence-electron chi connectivity index (χ2n) is 10.5. The predicted octanol–water partition coefficient (Wildman–Crippen LogP) is 7.94. The number of carbonyl (C=O) groups excluding carboxylic acids is 3. The minimum absolute atomic E-state index is 0.0158. The molecule has 0 heterocycles. The molecule has 1 atom stereocenters. The molecule has 9 nitrogen and oxygen atoms in total. The maximum atomic E-state index is 13.7. The Morgan fingerprint density at radius 1 is 0.755 bits per heavy atom. The van der Waals surface area contributed by atoms with Gasteiger partial charge in [0.25, 0.3) is 11.8 Å². The van der Waals surface area contributed by atoms with E-state index < -0.39 is 17.1 Å². The number of ether oxygens (including phenoxy) is 2. The molecule has 0 aliphatic heterocycles. The summed E-state index contributed by atoms with van der Waals surface area (Å²) in [6.07, 6.45) is 1.47. The minimum Gasteiger partial charge on any atom is -0.508 e. The molecule has 0 saturated carbocycles. The van der Waals surface area contributed by atoms with E-state index in [9.17, 15) is 19.5 Å². The zero-order chi connectivity index (χ0) is 34.8. The number of hydrogen-bond acceptors (Lipinski definition) is 7. The van der Waals surface area contributed by atoms with E-state index in [1.165, 1.54) is 44.2 Å². The number of anilines is 2. The third kappa shape index (κ3) is 9.22. The molecule has 0 radical (unpaired) electrons. The summed E-state index contributed by atoms with van der Waals surface area (Å²) in [7, 11) is 2.95. The van der Waals surface area contributed by atoms with Gasteiger partial charge in [-0.15, -0.1) is 11.8 Å². The molecule has 11 heteroatoms. The fraction of sp³-hybridized carbons (Fsp3) is 0.0789. The molecule has 5 aromatic rings. The van der Waals surface area contributed by atoms with Crippen LogP contribution < -0.4 is 25.4 Å². The van der Waals surface area contributed by atoms with Gasteiger partial charge >= 0.3 is 0 Å². The molecule has 0 fully saturated rings. The van der Waals surface area contributed by atoms with Crippen LogP contribution in [0.2, 0.25) is 5.02 Å². The highest BCUT2D eigenvalue weighted by Crippen LogP contribution is 2.38. The number of halogens is 1. The lowest BCUT2D eigenvalue weighted by molar-refractivity contribution is -0.116. The smallest absolute Gasteiger partial charge is 0.272 e. The van der Waals surface area contributed by atoms with Crippen LogP contribution in [-0.2, 0) is 9.59 Å². The average Bonchev–Trinajstić information content (AvgIpc) is 3.11. The number of rotatable bonds is 12. The zero-order valence-electron chi connectivity index (χ0n) is 26.5. The van der Waals surface area contributed by atoms with Crippen LogP contribution >= 0.6 is 23.4 Å². The molecule has 5 aromatic carbocycles. The summed E-state index contributed by atoms with van der Waals surface area (Å²) in [5.74, 6) is -0.581. The van der Waals surface area contributed by atoms with Crippen molar-refractivity contribution in [2.45, 2.75) is 10.1 Å². The maximum Gasteiger partial charge on any atom is 0.272 e. The molecule has 1 unspecified atom stereocenters. The first kappa shape index (κ1) is 34.6. The number of nitrogens with one attached hydrogen (secondary N) is 3. The van der Waals surface area contributed by atoms with Crippen molar-refractivity contribution in [3.8, 4) is 17.2 Å². The summed E-state index contributed by atoms with van der Waals surface area (Å²) in [4.78, 5) is 41.2. The van der Waals surface area contributed by atoms with Crippen molar-refractivity contribution in [1.29, 1.82) is 0 Å². The van der Waals surface area contributed by atoms with E-state index in [0.29, 0.717) is 43.9 Å². The Bertz CT molecular complexity index is 1990. The number of benzene rings is 5. The van der Waals surface area contributed by atoms with E-state index in [1.54, 1.807) is 72.8 Å². The Kier molecular flexibility index (Phi) is 11.6. The number of amides is 3. The molecular weight excluding hydrogens is 662 g/mol. The monoisotopic (exact) mass is 693 g/mol. The Labute approximate surface area is 292 Å². The Balaban J connectivity index is 1.40. The van der Waals surface area contributed by atoms with Crippen LogP contribution in [0, 0.1) is 0 Å². The Hall–Kier alpha value is -5.71. The first-order valence-electron chi connectivity index (χ1n) is 15.0. The van der Waals surface area contributed by atoms with Crippen LogP contribution in [0.4, 0.5) is 11.4 Å². The van der Waals surface area contributed by atoms with Crippen LogP contribution in [0.1, 0.15) is 26.7 Å². The molecule has 0 aromatic heterocycles. The van der Waals surface area contributed by atoms with E-state index >= 15 is 0 Å². The van der Waals surface area contributed by atoms with Gasteiger partial charge in [0.2, 0.25) is 5.91 Å². The first-order valence-corrected chi connectivity index (χ1v) is 16.2. The number of methoxy groups -OCH3 is 2. The van der Waals surface area contributed by atoms with Crippen molar-refractivity contribution >= 4 is 58.5 Å². The predicted molar refractivity (Wildman–Crippen MR) is 193 cm³/mol. The topological polar surface area (TPSA) is 126 Å². The second-order valence-corrected chi connectivity index (χ2v) is 12.1. The molecule has 0 saturated heterocycles. The van der Waals surface area contributed by atoms with Gasteiger partial charge in [-0.05, 0) is 72.3 Å². The molecule has 5 rings (SSSR count). The Morgan fingerprint density at radius 3 is 2.14 bits per heavy atom. The van der Waals surface area contributed by atoms with E-state index in [4.69, 9.17) is 21.1 Å². The second kappa shape index (κ2) is 16.4. The molecule has 49 heavy (non-hydrogen) atoms. The molecule has 4 N–H and O–H groups in total. The highest BCUT2D eigenvalue weighted by atomic mass is 35.5. The summed E-state index contributed by atoms with van der Waals surface area (Å²) >= 11 is 7.59. The number of thioether (sulfide) groups is 1. The number of hydrogen-bond donors (Lipinski definition) is 4. The third-order valence-corrected chi connectivity index (χ3v) is 8.69. The normalized spacial score (nSPS) is 11.6. The molecule has 0 aliphatic rings. The van der Waals surface area contributed by atoms with Crippen molar-refractivity contribution in [1.82, 2.24) is 5.32 Å². The molecule has 3 amide bonds. The van der Waals surface area contributed by atoms with Crippen molar-refractivity contribution in [2.24, 2.45) is 0 Å². The lowest BCUT2D eigenvalue weighted by Crippen LogP contribution is -2.30. The average molecular weight is 694 g/mol. The molecule has 0 bridgehead atoms. The van der Waals surface area contributed by atoms with Gasteiger partial charge in [0.15, 0.2) is 0 Å². The lowest BCUT2D eigenvalue weighted by Gasteiger charge is -2.18. The number of aromatic hydroxyl groups is 1. The van der Waals surface area contributed by atoms with Crippen molar-refractivity contribution in [3.05, 3.63) is 149 Å². The van der Waals surface area contributed by atoms with E-state index in [1.807, 2.05) is 36.4 Å². The summed E-state index contributed by atoms with van der Waals surface area (Å²) in [5, 5.41) is 18.1. The van der Waals surface area contributed by atoms with E-state index in [0.717, 1.165) is 5.56 Å². The standard InChI is InChI=1S/C38H32ClN3O6S/c1-47-33-19-17-28(22-31(33)39)41-38(46)35(24-10-5-3-6-11-24)49-30-15-9-14-27(21-30)40-37(45)32(42-36(44)25-12-7-4-8-13-25)20-26-16-18-29(43)23-34(26)48-2/h3-23,35,43H,1-2H3,(H,40,45)(H,41,46)(H,42,44)/b32-20+. The SMILES string of the molecule is COc1ccc(NC(=O)C(Sc2cccc(NC(=O)/C(=C\c3ccc(O)cc3OC)NC(=O)c3ccccc3)c2)c2ccccc2)cc1Cl. The maximum absolute atomic E-state index is 13.7. The zero-order valence-corrected chi connectivity index (χ0v) is 28.0. The quantitative estimate of drug-likeness (QED) is 0.0772. The van der Waals surface area contributed by atoms with E-state index in [-0.39, 0.29) is 17.4 Å². The van der Waals surface area contributed by atoms with Gasteiger partial charge in [0.1, 0.15) is 28.2 Å². The number of phenolic OH excluding ortho intramolecular Hbond substituents is 1. The highest BCUT2D eigenvalue weighted by molar-refractivity contribution is 8.00. The molecular formula is C38H32ClN3O6S. The third-order valence-electron chi connectivity index (χ3n) is 7.15. The summed E-state index contributed by atoms with van der Waals surface area (Å²) in [6.45, 7) is 0. The highest BCUT2D eigenvalue weighted by Gasteiger charge is 2.23. The fourth-order valence-electron chi connectivity index (χ4n) is 4.75. The summed E-state index contributed by atoms with van der Waals surface area (Å²) in [5.41, 5.74) is 2.48. The van der Waals surface area contributed by atoms with Crippen molar-refractivity contribution in [3.63, 3.8) is 0 Å². The molecule has 0 spiro atoms. The fourth-order valence-corrected chi connectivity index (χ4v) is 6.09. The van der Waals surface area contributed by atoms with Crippen LogP contribution in [-0.4, -0.2) is 37.0 Å².